The first-order chi connectivity index (χ1) is 9.69. The lowest BCUT2D eigenvalue weighted by Gasteiger charge is -2.18. The second-order valence-electron chi connectivity index (χ2n) is 5.13. The fourth-order valence-electron chi connectivity index (χ4n) is 2.86. The molecule has 5 heteroatoms. The van der Waals surface area contributed by atoms with E-state index in [0.29, 0.717) is 24.1 Å². The number of aromatic nitrogens is 2. The molecule has 0 aliphatic carbocycles. The number of nitrogens with one attached hydrogen (secondary N) is 1. The molecule has 1 unspecified atom stereocenters. The number of para-hydroxylation sites is 1. The molecule has 104 valence electrons. The van der Waals surface area contributed by atoms with Gasteiger partial charge in [0.2, 0.25) is 0 Å². The highest BCUT2D eigenvalue weighted by molar-refractivity contribution is 5.68. The number of hydrogen-bond acceptors (Lipinski definition) is 4. The Kier molecular flexibility index (Phi) is 3.28. The maximum absolute atomic E-state index is 11.6. The number of H-pyrrole nitrogens is 1. The maximum atomic E-state index is 11.6. The van der Waals surface area contributed by atoms with Crippen molar-refractivity contribution in [3.05, 3.63) is 52.1 Å². The van der Waals surface area contributed by atoms with Gasteiger partial charge in [-0.3, -0.25) is 4.79 Å². The van der Waals surface area contributed by atoms with Crippen LogP contribution in [0, 0.1) is 6.92 Å². The van der Waals surface area contributed by atoms with E-state index in [1.165, 1.54) is 5.56 Å². The predicted octanol–water partition coefficient (Wildman–Crippen LogP) is 1.66. The smallest absolute Gasteiger partial charge is 0.252 e. The lowest BCUT2D eigenvalue weighted by Crippen LogP contribution is -2.21. The van der Waals surface area contributed by atoms with Crippen LogP contribution in [0.15, 0.2) is 35.1 Å². The van der Waals surface area contributed by atoms with Crippen LogP contribution in [0.4, 0.5) is 11.5 Å². The molecule has 0 saturated heterocycles. The van der Waals surface area contributed by atoms with E-state index in [4.69, 9.17) is 5.73 Å². The minimum atomic E-state index is -0.118. The van der Waals surface area contributed by atoms with Crippen molar-refractivity contribution in [3.8, 4) is 0 Å². The Labute approximate surface area is 117 Å². The number of benzene rings is 1. The van der Waals surface area contributed by atoms with E-state index in [2.05, 4.69) is 27.0 Å². The minimum Gasteiger partial charge on any atom is -0.330 e. The Bertz CT molecular complexity index is 680. The lowest BCUT2D eigenvalue weighted by atomic mass is 9.98. The van der Waals surface area contributed by atoms with Gasteiger partial charge in [-0.2, -0.15) is 0 Å². The molecule has 0 spiro atoms. The molecule has 1 aromatic carbocycles. The Morgan fingerprint density at radius 3 is 3.00 bits per heavy atom. The van der Waals surface area contributed by atoms with E-state index in [9.17, 15) is 4.79 Å². The third-order valence-electron chi connectivity index (χ3n) is 3.71. The Morgan fingerprint density at radius 2 is 2.25 bits per heavy atom. The summed E-state index contributed by atoms with van der Waals surface area (Å²) in [5, 5.41) is 0. The number of nitrogens with zero attached hydrogens (tertiary/aromatic N) is 2. The van der Waals surface area contributed by atoms with Crippen molar-refractivity contribution in [2.24, 2.45) is 5.73 Å². The molecule has 0 amide bonds. The quantitative estimate of drug-likeness (QED) is 0.889. The van der Waals surface area contributed by atoms with Gasteiger partial charge >= 0.3 is 0 Å². The Morgan fingerprint density at radius 1 is 1.45 bits per heavy atom. The molecule has 0 saturated carbocycles. The zero-order valence-corrected chi connectivity index (χ0v) is 11.5. The highest BCUT2D eigenvalue weighted by Gasteiger charge is 2.29. The average Bonchev–Trinajstić information content (AvgIpc) is 2.78. The number of nitrogens with two attached hydrogens (primary N) is 1. The van der Waals surface area contributed by atoms with Gasteiger partial charge in [-0.1, -0.05) is 18.2 Å². The van der Waals surface area contributed by atoms with Gasteiger partial charge in [0.1, 0.15) is 11.6 Å². The first kappa shape index (κ1) is 12.9. The minimum absolute atomic E-state index is 0.118. The third kappa shape index (κ3) is 2.20. The second kappa shape index (κ2) is 5.09. The van der Waals surface area contributed by atoms with Gasteiger partial charge in [0.25, 0.3) is 5.56 Å². The fourth-order valence-corrected chi connectivity index (χ4v) is 2.86. The van der Waals surface area contributed by atoms with Crippen LogP contribution in [0.1, 0.15) is 23.7 Å². The van der Waals surface area contributed by atoms with Crippen LogP contribution in [0.5, 0.6) is 0 Å². The van der Waals surface area contributed by atoms with Gasteiger partial charge in [0.05, 0.1) is 0 Å². The number of hydrogen-bond donors (Lipinski definition) is 2. The topological polar surface area (TPSA) is 75.0 Å². The molecule has 0 fully saturated rings. The van der Waals surface area contributed by atoms with Gasteiger partial charge in [0, 0.05) is 24.2 Å². The average molecular weight is 270 g/mol. The zero-order chi connectivity index (χ0) is 14.1. The van der Waals surface area contributed by atoms with E-state index < -0.39 is 0 Å². The van der Waals surface area contributed by atoms with Crippen molar-refractivity contribution in [1.29, 1.82) is 0 Å². The monoisotopic (exact) mass is 270 g/mol. The largest absolute Gasteiger partial charge is 0.330 e. The van der Waals surface area contributed by atoms with Crippen molar-refractivity contribution in [2.75, 3.05) is 18.0 Å². The van der Waals surface area contributed by atoms with Crippen LogP contribution in [-0.2, 0) is 0 Å². The van der Waals surface area contributed by atoms with Gasteiger partial charge in [-0.25, -0.2) is 4.98 Å². The maximum Gasteiger partial charge on any atom is 0.252 e. The van der Waals surface area contributed by atoms with E-state index in [-0.39, 0.29) is 5.56 Å². The van der Waals surface area contributed by atoms with Crippen LogP contribution in [0.3, 0.4) is 0 Å². The molecule has 0 bridgehead atoms. The van der Waals surface area contributed by atoms with Crippen LogP contribution >= 0.6 is 0 Å². The molecule has 2 heterocycles. The number of fused-ring (bicyclic) bond motifs is 1. The highest BCUT2D eigenvalue weighted by atomic mass is 16.1. The van der Waals surface area contributed by atoms with Crippen molar-refractivity contribution in [3.63, 3.8) is 0 Å². The summed E-state index contributed by atoms with van der Waals surface area (Å²) in [6, 6.07) is 9.81. The summed E-state index contributed by atoms with van der Waals surface area (Å²) in [5.74, 6) is 1.74. The van der Waals surface area contributed by atoms with Gasteiger partial charge < -0.3 is 15.6 Å². The van der Waals surface area contributed by atoms with Gasteiger partial charge in [-0.15, -0.1) is 0 Å². The number of rotatable bonds is 3. The van der Waals surface area contributed by atoms with E-state index >= 15 is 0 Å². The molecular weight excluding hydrogens is 252 g/mol. The number of aromatic amines is 1. The molecule has 3 rings (SSSR count). The standard InChI is InChI=1S/C15H18N4O/c1-10-17-14(8-15(20)18-10)19-9-11(6-7-16)12-4-2-3-5-13(12)19/h2-5,8,11H,6-7,9,16H2,1H3,(H,17,18,20). The summed E-state index contributed by atoms with van der Waals surface area (Å²) >= 11 is 0. The molecule has 3 N–H and O–H groups in total. The molecule has 20 heavy (non-hydrogen) atoms. The molecule has 1 aromatic heterocycles. The first-order valence-electron chi connectivity index (χ1n) is 6.83. The normalized spacial score (nSPS) is 17.3. The van der Waals surface area contributed by atoms with E-state index in [1.54, 1.807) is 13.0 Å². The van der Waals surface area contributed by atoms with E-state index in [1.807, 2.05) is 12.1 Å². The molecule has 0 radical (unpaired) electrons. The van der Waals surface area contributed by atoms with Crippen LogP contribution in [-0.4, -0.2) is 23.1 Å². The third-order valence-corrected chi connectivity index (χ3v) is 3.71. The lowest BCUT2D eigenvalue weighted by molar-refractivity contribution is 0.666. The summed E-state index contributed by atoms with van der Waals surface area (Å²) in [4.78, 5) is 20.9. The van der Waals surface area contributed by atoms with Crippen LogP contribution in [0.2, 0.25) is 0 Å². The molecule has 1 aliphatic heterocycles. The van der Waals surface area contributed by atoms with Crippen molar-refractivity contribution in [1.82, 2.24) is 9.97 Å². The van der Waals surface area contributed by atoms with Gasteiger partial charge in [-0.05, 0) is 31.5 Å². The van der Waals surface area contributed by atoms with Crippen LogP contribution in [0.25, 0.3) is 0 Å². The Balaban J connectivity index is 2.05. The molecular formula is C15H18N4O. The molecule has 2 aromatic rings. The van der Waals surface area contributed by atoms with Gasteiger partial charge in [0.15, 0.2) is 0 Å². The number of aryl methyl sites for hydroxylation is 1. The first-order valence-corrected chi connectivity index (χ1v) is 6.83. The van der Waals surface area contributed by atoms with Crippen molar-refractivity contribution < 1.29 is 0 Å². The SMILES string of the molecule is Cc1nc(N2CC(CCN)c3ccccc32)cc(=O)[nH]1. The zero-order valence-electron chi connectivity index (χ0n) is 11.5. The van der Waals surface area contributed by atoms with Crippen molar-refractivity contribution >= 4 is 11.5 Å². The molecule has 1 aliphatic rings. The van der Waals surface area contributed by atoms with Crippen molar-refractivity contribution in [2.45, 2.75) is 19.3 Å². The summed E-state index contributed by atoms with van der Waals surface area (Å²) in [6.45, 7) is 3.28. The summed E-state index contributed by atoms with van der Waals surface area (Å²) in [6.07, 6.45) is 0.940. The van der Waals surface area contributed by atoms with Crippen LogP contribution < -0.4 is 16.2 Å². The summed E-state index contributed by atoms with van der Waals surface area (Å²) in [7, 11) is 0. The predicted molar refractivity (Wildman–Crippen MR) is 79.5 cm³/mol. The Hall–Kier alpha value is -2.14. The molecule has 5 nitrogen and oxygen atoms in total. The fraction of sp³-hybridized carbons (Fsp3) is 0.333. The number of anilines is 2. The summed E-state index contributed by atoms with van der Waals surface area (Å²) < 4.78 is 0. The van der Waals surface area contributed by atoms with E-state index in [0.717, 1.165) is 18.7 Å². The summed E-state index contributed by atoms with van der Waals surface area (Å²) in [5.41, 5.74) is 8.01. The molecule has 1 atom stereocenters. The highest BCUT2D eigenvalue weighted by Crippen LogP contribution is 2.40. The second-order valence-corrected chi connectivity index (χ2v) is 5.13.